The van der Waals surface area contributed by atoms with Crippen LogP contribution in [-0.4, -0.2) is 17.7 Å². The lowest BCUT2D eigenvalue weighted by Crippen LogP contribution is -2.20. The lowest BCUT2D eigenvalue weighted by atomic mass is 10.1. The third-order valence-corrected chi connectivity index (χ3v) is 3.97. The maximum absolute atomic E-state index is 12.1. The minimum absolute atomic E-state index is 0.00346. The highest BCUT2D eigenvalue weighted by molar-refractivity contribution is 9.11. The second-order valence-corrected chi connectivity index (χ2v) is 6.78. The van der Waals surface area contributed by atoms with Crippen LogP contribution in [0.4, 0.5) is 16.2 Å². The molecule has 0 heterocycles. The Morgan fingerprint density at radius 1 is 1.09 bits per heavy atom. The fourth-order valence-corrected chi connectivity index (χ4v) is 3.38. The van der Waals surface area contributed by atoms with Gasteiger partial charge in [0.25, 0.3) is 0 Å². The van der Waals surface area contributed by atoms with E-state index >= 15 is 0 Å². The van der Waals surface area contributed by atoms with E-state index in [1.54, 1.807) is 30.3 Å². The number of carbonyl (C=O) groups excluding carboxylic acids is 1. The van der Waals surface area contributed by atoms with Crippen LogP contribution in [0.1, 0.15) is 5.56 Å². The van der Waals surface area contributed by atoms with E-state index in [9.17, 15) is 4.79 Å². The molecule has 0 radical (unpaired) electrons. The molecule has 0 aromatic heterocycles. The largest absolute Gasteiger partial charge is 0.396 e. The number of rotatable bonds is 4. The second kappa shape index (κ2) is 7.97. The summed E-state index contributed by atoms with van der Waals surface area (Å²) >= 11 is 12.7. The van der Waals surface area contributed by atoms with Gasteiger partial charge in [0.15, 0.2) is 0 Å². The Balaban J connectivity index is 2.13. The molecular weight excluding hydrogens is 435 g/mol. The third-order valence-electron chi connectivity index (χ3n) is 2.82. The third kappa shape index (κ3) is 4.98. The number of anilines is 2. The van der Waals surface area contributed by atoms with Gasteiger partial charge in [0.2, 0.25) is 0 Å². The molecule has 7 heteroatoms. The van der Waals surface area contributed by atoms with E-state index in [2.05, 4.69) is 42.5 Å². The van der Waals surface area contributed by atoms with Gasteiger partial charge in [0.1, 0.15) is 0 Å². The first-order chi connectivity index (χ1) is 10.5. The number of halogens is 3. The molecule has 2 amide bonds. The highest BCUT2D eigenvalue weighted by atomic mass is 79.9. The maximum Gasteiger partial charge on any atom is 0.323 e. The van der Waals surface area contributed by atoms with Crippen LogP contribution in [0.3, 0.4) is 0 Å². The van der Waals surface area contributed by atoms with Crippen LogP contribution in [-0.2, 0) is 6.42 Å². The van der Waals surface area contributed by atoms with E-state index < -0.39 is 0 Å². The summed E-state index contributed by atoms with van der Waals surface area (Å²) in [6.45, 7) is -0.00346. The van der Waals surface area contributed by atoms with E-state index in [-0.39, 0.29) is 12.6 Å². The topological polar surface area (TPSA) is 61.4 Å². The van der Waals surface area contributed by atoms with Gasteiger partial charge in [-0.25, -0.2) is 4.79 Å². The van der Waals surface area contributed by atoms with Gasteiger partial charge in [-0.15, -0.1) is 0 Å². The Morgan fingerprint density at radius 3 is 2.41 bits per heavy atom. The second-order valence-electron chi connectivity index (χ2n) is 4.51. The molecule has 2 rings (SSSR count). The Hall–Kier alpha value is -1.08. The first-order valence-corrected chi connectivity index (χ1v) is 8.37. The van der Waals surface area contributed by atoms with Crippen molar-refractivity contribution >= 4 is 60.9 Å². The first kappa shape index (κ1) is 17.3. The van der Waals surface area contributed by atoms with Crippen LogP contribution in [0.25, 0.3) is 0 Å². The average Bonchev–Trinajstić information content (AvgIpc) is 2.40. The summed E-state index contributed by atoms with van der Waals surface area (Å²) in [6, 6.07) is 10.2. The van der Waals surface area contributed by atoms with Crippen LogP contribution in [0.15, 0.2) is 45.3 Å². The van der Waals surface area contributed by atoms with Gasteiger partial charge in [0, 0.05) is 31.9 Å². The standard InChI is InChI=1S/C15H13Br2ClN2O2/c16-10-5-11(17)7-13(6-10)19-15(22)20-14-8-12(18)2-1-9(14)3-4-21/h1-2,5-8,21H,3-4H2,(H2,19,20,22). The molecule has 2 aromatic carbocycles. The molecule has 116 valence electrons. The van der Waals surface area contributed by atoms with Crippen molar-refractivity contribution in [3.8, 4) is 0 Å². The molecular formula is C15H13Br2ClN2O2. The zero-order chi connectivity index (χ0) is 16.1. The van der Waals surface area contributed by atoms with Crippen LogP contribution in [0.5, 0.6) is 0 Å². The summed E-state index contributed by atoms with van der Waals surface area (Å²) in [5.74, 6) is 0. The van der Waals surface area contributed by atoms with Crippen molar-refractivity contribution in [2.45, 2.75) is 6.42 Å². The zero-order valence-electron chi connectivity index (χ0n) is 11.4. The maximum atomic E-state index is 12.1. The zero-order valence-corrected chi connectivity index (χ0v) is 15.3. The van der Waals surface area contributed by atoms with Crippen LogP contribution >= 0.6 is 43.5 Å². The molecule has 0 saturated heterocycles. The van der Waals surface area contributed by atoms with Gasteiger partial charge in [-0.05, 0) is 42.3 Å². The Kier molecular flexibility index (Phi) is 6.26. The van der Waals surface area contributed by atoms with Crippen molar-refractivity contribution in [2.75, 3.05) is 17.2 Å². The fraction of sp³-hybridized carbons (Fsp3) is 0.133. The minimum atomic E-state index is -0.383. The predicted molar refractivity (Wildman–Crippen MR) is 96.7 cm³/mol. The molecule has 0 atom stereocenters. The number of hydrogen-bond donors (Lipinski definition) is 3. The molecule has 2 aromatic rings. The molecule has 3 N–H and O–H groups in total. The van der Waals surface area contributed by atoms with Crippen molar-refractivity contribution < 1.29 is 9.90 Å². The molecule has 0 bridgehead atoms. The van der Waals surface area contributed by atoms with E-state index in [1.165, 1.54) is 0 Å². The van der Waals surface area contributed by atoms with Crippen molar-refractivity contribution in [1.29, 1.82) is 0 Å². The fourth-order valence-electron chi connectivity index (χ4n) is 1.91. The van der Waals surface area contributed by atoms with Gasteiger partial charge < -0.3 is 15.7 Å². The molecule has 0 fully saturated rings. The van der Waals surface area contributed by atoms with Gasteiger partial charge in [-0.1, -0.05) is 49.5 Å². The van der Waals surface area contributed by atoms with Gasteiger partial charge in [-0.2, -0.15) is 0 Å². The highest BCUT2D eigenvalue weighted by Crippen LogP contribution is 2.24. The minimum Gasteiger partial charge on any atom is -0.396 e. The van der Waals surface area contributed by atoms with Gasteiger partial charge in [-0.3, -0.25) is 0 Å². The van der Waals surface area contributed by atoms with E-state index in [0.29, 0.717) is 22.8 Å². The average molecular weight is 449 g/mol. The van der Waals surface area contributed by atoms with Crippen LogP contribution in [0.2, 0.25) is 5.02 Å². The van der Waals surface area contributed by atoms with Crippen molar-refractivity contribution in [1.82, 2.24) is 0 Å². The highest BCUT2D eigenvalue weighted by Gasteiger charge is 2.08. The van der Waals surface area contributed by atoms with Crippen molar-refractivity contribution in [2.24, 2.45) is 0 Å². The van der Waals surface area contributed by atoms with Crippen LogP contribution in [0, 0.1) is 0 Å². The van der Waals surface area contributed by atoms with E-state index in [0.717, 1.165) is 14.5 Å². The quantitative estimate of drug-likeness (QED) is 0.613. The number of aliphatic hydroxyl groups is 1. The normalized spacial score (nSPS) is 10.4. The first-order valence-electron chi connectivity index (χ1n) is 6.41. The SMILES string of the molecule is O=C(Nc1cc(Br)cc(Br)c1)Nc1cc(Cl)ccc1CCO. The summed E-state index contributed by atoms with van der Waals surface area (Å²) in [5, 5.41) is 15.1. The molecule has 22 heavy (non-hydrogen) atoms. The molecule has 0 unspecified atom stereocenters. The molecule has 0 saturated carbocycles. The molecule has 0 aliphatic rings. The van der Waals surface area contributed by atoms with E-state index in [1.807, 2.05) is 6.07 Å². The van der Waals surface area contributed by atoms with Crippen molar-refractivity contribution in [3.63, 3.8) is 0 Å². The number of aliphatic hydroxyl groups excluding tert-OH is 1. The molecule has 0 spiro atoms. The monoisotopic (exact) mass is 446 g/mol. The van der Waals surface area contributed by atoms with E-state index in [4.69, 9.17) is 16.7 Å². The lowest BCUT2D eigenvalue weighted by Gasteiger charge is -2.12. The molecule has 0 aliphatic carbocycles. The summed E-state index contributed by atoms with van der Waals surface area (Å²) in [5.41, 5.74) is 2.04. The number of urea groups is 1. The Labute approximate surface area is 150 Å². The summed E-state index contributed by atoms with van der Waals surface area (Å²) in [7, 11) is 0. The van der Waals surface area contributed by atoms with Crippen LogP contribution < -0.4 is 10.6 Å². The molecule has 0 aliphatic heterocycles. The number of amides is 2. The van der Waals surface area contributed by atoms with Gasteiger partial charge >= 0.3 is 6.03 Å². The lowest BCUT2D eigenvalue weighted by molar-refractivity contribution is 0.262. The van der Waals surface area contributed by atoms with Crippen molar-refractivity contribution in [3.05, 3.63) is 55.9 Å². The number of hydrogen-bond acceptors (Lipinski definition) is 2. The Bertz CT molecular complexity index is 675. The van der Waals surface area contributed by atoms with Gasteiger partial charge in [0.05, 0.1) is 0 Å². The molecule has 4 nitrogen and oxygen atoms in total. The predicted octanol–water partition coefficient (Wildman–Crippen LogP) is 5.04. The Morgan fingerprint density at radius 2 is 1.77 bits per heavy atom. The summed E-state index contributed by atoms with van der Waals surface area (Å²) in [4.78, 5) is 12.1. The summed E-state index contributed by atoms with van der Waals surface area (Å²) in [6.07, 6.45) is 0.440. The number of nitrogens with one attached hydrogen (secondary N) is 2. The number of benzene rings is 2. The smallest absolute Gasteiger partial charge is 0.323 e. The number of carbonyl (C=O) groups is 1. The summed E-state index contributed by atoms with van der Waals surface area (Å²) < 4.78 is 1.70.